The molecule has 1 N–H and O–H groups in total. The molecule has 3 aromatic rings. The highest BCUT2D eigenvalue weighted by Gasteiger charge is 2.29. The normalized spacial score (nSPS) is 21.4. The van der Waals surface area contributed by atoms with Crippen molar-refractivity contribution in [3.63, 3.8) is 0 Å². The van der Waals surface area contributed by atoms with Crippen molar-refractivity contribution in [2.24, 2.45) is 0 Å². The maximum absolute atomic E-state index is 13.4. The molecule has 5 nitrogen and oxygen atoms in total. The van der Waals surface area contributed by atoms with Gasteiger partial charge in [-0.05, 0) is 49.2 Å². The number of halogens is 1. The van der Waals surface area contributed by atoms with Gasteiger partial charge in [-0.3, -0.25) is 4.90 Å². The summed E-state index contributed by atoms with van der Waals surface area (Å²) in [5.41, 5.74) is 3.75. The van der Waals surface area contributed by atoms with Gasteiger partial charge in [-0.2, -0.15) is 0 Å². The van der Waals surface area contributed by atoms with E-state index in [1.807, 2.05) is 18.2 Å². The molecule has 0 radical (unpaired) electrons. The first-order valence-electron chi connectivity index (χ1n) is 9.96. The molecule has 2 aliphatic heterocycles. The maximum Gasteiger partial charge on any atom is 0.170 e. The van der Waals surface area contributed by atoms with Crippen LogP contribution in [0.1, 0.15) is 41.8 Å². The third kappa shape index (κ3) is 3.21. The van der Waals surface area contributed by atoms with Gasteiger partial charge in [-0.15, -0.1) is 0 Å². The quantitative estimate of drug-likeness (QED) is 0.748. The number of nitrogens with zero attached hydrogens (tertiary/aromatic N) is 3. The van der Waals surface area contributed by atoms with Crippen molar-refractivity contribution in [1.82, 2.24) is 15.0 Å². The fraction of sp³-hybridized carbons (Fsp3) is 0.409. The van der Waals surface area contributed by atoms with Crippen LogP contribution in [0.25, 0.3) is 11.0 Å². The van der Waals surface area contributed by atoms with E-state index < -0.39 is 6.23 Å². The molecular formula is C22H24FN3O2. The first-order valence-corrected chi connectivity index (χ1v) is 9.96. The smallest absolute Gasteiger partial charge is 0.170 e. The Morgan fingerprint density at radius 3 is 2.75 bits per heavy atom. The largest absolute Gasteiger partial charge is 0.374 e. The third-order valence-corrected chi connectivity index (χ3v) is 6.19. The number of rotatable bonds is 4. The summed E-state index contributed by atoms with van der Waals surface area (Å²) in [5.74, 6) is 0.0564. The molecule has 1 fully saturated rings. The fourth-order valence-electron chi connectivity index (χ4n) is 4.56. The zero-order valence-corrected chi connectivity index (χ0v) is 15.7. The maximum atomic E-state index is 13.4. The van der Waals surface area contributed by atoms with E-state index in [-0.39, 0.29) is 5.82 Å². The van der Waals surface area contributed by atoms with Crippen LogP contribution >= 0.6 is 0 Å². The summed E-state index contributed by atoms with van der Waals surface area (Å²) in [7, 11) is 0. The predicted molar refractivity (Wildman–Crippen MR) is 104 cm³/mol. The van der Waals surface area contributed by atoms with Gasteiger partial charge >= 0.3 is 0 Å². The summed E-state index contributed by atoms with van der Waals surface area (Å²) in [6.45, 7) is 4.61. The van der Waals surface area contributed by atoms with Crippen molar-refractivity contribution in [3.8, 4) is 0 Å². The summed E-state index contributed by atoms with van der Waals surface area (Å²) in [6.07, 6.45) is 1.54. The molecule has 3 heterocycles. The topological polar surface area (TPSA) is 52.7 Å². The Morgan fingerprint density at radius 2 is 1.93 bits per heavy atom. The second kappa shape index (κ2) is 7.28. The van der Waals surface area contributed by atoms with Crippen molar-refractivity contribution in [2.75, 3.05) is 26.2 Å². The highest BCUT2D eigenvalue weighted by atomic mass is 19.1. The van der Waals surface area contributed by atoms with Crippen LogP contribution in [-0.2, 0) is 6.54 Å². The van der Waals surface area contributed by atoms with Gasteiger partial charge in [0.05, 0.1) is 5.69 Å². The Morgan fingerprint density at radius 1 is 1.11 bits per heavy atom. The van der Waals surface area contributed by atoms with Crippen LogP contribution in [0.4, 0.5) is 4.39 Å². The van der Waals surface area contributed by atoms with Crippen LogP contribution in [0.15, 0.2) is 47.0 Å². The molecule has 6 heteroatoms. The molecule has 0 aliphatic carbocycles. The van der Waals surface area contributed by atoms with Gasteiger partial charge in [0.1, 0.15) is 12.0 Å². The van der Waals surface area contributed by atoms with Crippen LogP contribution < -0.4 is 0 Å². The monoisotopic (exact) mass is 381 g/mol. The molecule has 2 aromatic carbocycles. The minimum absolute atomic E-state index is 0.295. The van der Waals surface area contributed by atoms with E-state index in [9.17, 15) is 9.50 Å². The second-order valence-electron chi connectivity index (χ2n) is 7.87. The van der Waals surface area contributed by atoms with E-state index in [4.69, 9.17) is 4.52 Å². The lowest BCUT2D eigenvalue weighted by molar-refractivity contribution is 0.00629. The lowest BCUT2D eigenvalue weighted by Gasteiger charge is -2.32. The Kier molecular flexibility index (Phi) is 4.62. The van der Waals surface area contributed by atoms with Crippen molar-refractivity contribution in [3.05, 3.63) is 65.1 Å². The van der Waals surface area contributed by atoms with Gasteiger partial charge in [0, 0.05) is 37.0 Å². The fourth-order valence-corrected chi connectivity index (χ4v) is 4.56. The Bertz CT molecular complexity index is 981. The third-order valence-electron chi connectivity index (χ3n) is 6.19. The van der Waals surface area contributed by atoms with E-state index in [1.54, 1.807) is 6.07 Å². The van der Waals surface area contributed by atoms with Crippen molar-refractivity contribution in [2.45, 2.75) is 31.5 Å². The lowest BCUT2D eigenvalue weighted by Crippen LogP contribution is -2.39. The molecule has 0 saturated carbocycles. The zero-order valence-electron chi connectivity index (χ0n) is 15.7. The summed E-state index contributed by atoms with van der Waals surface area (Å²) in [6, 6.07) is 12.8. The van der Waals surface area contributed by atoms with Gasteiger partial charge < -0.3 is 14.5 Å². The lowest BCUT2D eigenvalue weighted by atomic mass is 9.91. The highest BCUT2D eigenvalue weighted by Crippen LogP contribution is 2.34. The highest BCUT2D eigenvalue weighted by molar-refractivity contribution is 5.79. The Balaban J connectivity index is 1.17. The molecule has 5 rings (SSSR count). The average Bonchev–Trinajstić information content (AvgIpc) is 3.28. The number of aliphatic hydroxyl groups excluding tert-OH is 1. The molecule has 1 unspecified atom stereocenters. The zero-order chi connectivity index (χ0) is 19.1. The number of fused-ring (bicyclic) bond motifs is 2. The van der Waals surface area contributed by atoms with Gasteiger partial charge in [0.2, 0.25) is 0 Å². The summed E-state index contributed by atoms with van der Waals surface area (Å²) < 4.78 is 18.7. The molecule has 0 bridgehead atoms. The molecule has 0 amide bonds. The number of hydrogen-bond donors (Lipinski definition) is 1. The molecule has 1 aromatic heterocycles. The predicted octanol–water partition coefficient (Wildman–Crippen LogP) is 3.65. The van der Waals surface area contributed by atoms with E-state index in [1.165, 1.54) is 17.7 Å². The van der Waals surface area contributed by atoms with Crippen LogP contribution in [-0.4, -0.2) is 46.2 Å². The van der Waals surface area contributed by atoms with E-state index in [0.717, 1.165) is 62.2 Å². The van der Waals surface area contributed by atoms with E-state index >= 15 is 0 Å². The van der Waals surface area contributed by atoms with Crippen molar-refractivity contribution < 1.29 is 14.0 Å². The Labute approximate surface area is 163 Å². The number of aromatic nitrogens is 1. The standard InChI is InChI=1S/C22H24FN3O2/c23-17-5-6-19-20(13-17)28-24-21(19)15-7-9-25(10-8-15)11-12-26-14-16-3-1-2-4-18(16)22(26)27/h1-6,13,15,22,27H,7-12,14H2. The van der Waals surface area contributed by atoms with Gasteiger partial charge in [0.25, 0.3) is 0 Å². The minimum atomic E-state index is -0.490. The van der Waals surface area contributed by atoms with Gasteiger partial charge in [-0.1, -0.05) is 29.4 Å². The Hall–Kier alpha value is -2.28. The number of benzene rings is 2. The average molecular weight is 381 g/mol. The van der Waals surface area contributed by atoms with E-state index in [0.29, 0.717) is 11.5 Å². The van der Waals surface area contributed by atoms with Crippen LogP contribution in [0.2, 0.25) is 0 Å². The summed E-state index contributed by atoms with van der Waals surface area (Å²) in [4.78, 5) is 4.59. The van der Waals surface area contributed by atoms with Crippen molar-refractivity contribution in [1.29, 1.82) is 0 Å². The molecule has 1 saturated heterocycles. The van der Waals surface area contributed by atoms with Gasteiger partial charge in [-0.25, -0.2) is 4.39 Å². The molecule has 1 atom stereocenters. The molecule has 146 valence electrons. The molecule has 0 spiro atoms. The first-order chi connectivity index (χ1) is 13.7. The number of aliphatic hydroxyl groups is 1. The number of piperidine rings is 1. The summed E-state index contributed by atoms with van der Waals surface area (Å²) in [5, 5.41) is 15.7. The SMILES string of the molecule is OC1c2ccccc2CN1CCN1CCC(c2noc3cc(F)ccc23)CC1. The van der Waals surface area contributed by atoms with Crippen molar-refractivity contribution >= 4 is 11.0 Å². The van der Waals surface area contributed by atoms with Crippen LogP contribution in [0.5, 0.6) is 0 Å². The van der Waals surface area contributed by atoms with Crippen LogP contribution in [0.3, 0.4) is 0 Å². The van der Waals surface area contributed by atoms with Crippen LogP contribution in [0, 0.1) is 5.82 Å². The van der Waals surface area contributed by atoms with E-state index in [2.05, 4.69) is 21.0 Å². The molecule has 2 aliphatic rings. The minimum Gasteiger partial charge on any atom is -0.374 e. The number of likely N-dealkylation sites (tertiary alicyclic amines) is 1. The second-order valence-corrected chi connectivity index (χ2v) is 7.87. The number of hydrogen-bond acceptors (Lipinski definition) is 5. The molecular weight excluding hydrogens is 357 g/mol. The summed E-state index contributed by atoms with van der Waals surface area (Å²) >= 11 is 0. The molecule has 28 heavy (non-hydrogen) atoms. The first kappa shape index (κ1) is 17.8. The van der Waals surface area contributed by atoms with Gasteiger partial charge in [0.15, 0.2) is 5.58 Å².